The first-order chi connectivity index (χ1) is 23.4. The SMILES string of the molecule is [2H]c1c([2H])c([2H])c(-n2c3cc4c(cc3c3cc5c6c7ccccc7ccc6n(-c6ccccc6)c5cc32)C(C)(C)CCC4(C)C)c([2H])c1[2H]. The molecule has 0 unspecified atom stereocenters. The first-order valence-corrected chi connectivity index (χ1v) is 15.5. The van der Waals surface area contributed by atoms with Crippen molar-refractivity contribution in [3.63, 3.8) is 0 Å². The molecule has 2 nitrogen and oxygen atoms in total. The lowest BCUT2D eigenvalue weighted by atomic mass is 9.63. The molecule has 2 aromatic heterocycles. The van der Waals surface area contributed by atoms with Gasteiger partial charge in [0.1, 0.15) is 0 Å². The molecule has 0 radical (unpaired) electrons. The average Bonchev–Trinajstić information content (AvgIpc) is 3.59. The highest BCUT2D eigenvalue weighted by molar-refractivity contribution is 6.25. The lowest BCUT2D eigenvalue weighted by Crippen LogP contribution is -2.33. The van der Waals surface area contributed by atoms with E-state index in [1.54, 1.807) is 0 Å². The summed E-state index contributed by atoms with van der Waals surface area (Å²) >= 11 is 0. The van der Waals surface area contributed by atoms with Gasteiger partial charge in [0, 0.05) is 32.9 Å². The normalized spacial score (nSPS) is 17.5. The summed E-state index contributed by atoms with van der Waals surface area (Å²) in [6, 6.07) is 30.7. The lowest BCUT2D eigenvalue weighted by molar-refractivity contribution is 0.332. The number of rotatable bonds is 2. The predicted octanol–water partition coefficient (Wildman–Crippen LogP) is 11.4. The van der Waals surface area contributed by atoms with Crippen LogP contribution in [0.3, 0.4) is 0 Å². The molecule has 0 amide bonds. The molecule has 1 aliphatic carbocycles. The maximum Gasteiger partial charge on any atom is 0.0645 e. The molecule has 9 rings (SSSR count). The van der Waals surface area contributed by atoms with Crippen LogP contribution >= 0.6 is 0 Å². The molecule has 0 spiro atoms. The van der Waals surface area contributed by atoms with E-state index in [1.165, 1.54) is 27.3 Å². The molecule has 8 aromatic rings. The Morgan fingerprint density at radius 3 is 1.91 bits per heavy atom. The van der Waals surface area contributed by atoms with Crippen molar-refractivity contribution in [1.82, 2.24) is 9.13 Å². The molecule has 6 aromatic carbocycles. The Labute approximate surface area is 265 Å². The molecule has 44 heavy (non-hydrogen) atoms. The van der Waals surface area contributed by atoms with Gasteiger partial charge in [-0.3, -0.25) is 0 Å². The summed E-state index contributed by atoms with van der Waals surface area (Å²) in [6.07, 6.45) is 2.11. The molecule has 0 atom stereocenters. The van der Waals surface area contributed by atoms with Crippen LogP contribution in [0.25, 0.3) is 65.8 Å². The van der Waals surface area contributed by atoms with Crippen LogP contribution in [0.2, 0.25) is 0 Å². The van der Waals surface area contributed by atoms with Crippen LogP contribution < -0.4 is 0 Å². The monoisotopic (exact) mass is 573 g/mol. The van der Waals surface area contributed by atoms with E-state index in [0.29, 0.717) is 0 Å². The van der Waals surface area contributed by atoms with Crippen molar-refractivity contribution in [2.75, 3.05) is 0 Å². The van der Waals surface area contributed by atoms with Gasteiger partial charge in [0.15, 0.2) is 0 Å². The number of aromatic nitrogens is 2. The van der Waals surface area contributed by atoms with E-state index in [9.17, 15) is 0 Å². The second-order valence-electron chi connectivity index (χ2n) is 13.7. The van der Waals surface area contributed by atoms with E-state index in [1.807, 2.05) is 22.8 Å². The van der Waals surface area contributed by atoms with E-state index in [0.717, 1.165) is 56.8 Å². The van der Waals surface area contributed by atoms with Gasteiger partial charge in [0.2, 0.25) is 0 Å². The molecular weight excluding hydrogens is 532 g/mol. The summed E-state index contributed by atoms with van der Waals surface area (Å²) in [7, 11) is 0. The summed E-state index contributed by atoms with van der Waals surface area (Å²) in [6.45, 7) is 9.22. The molecule has 0 fully saturated rings. The number of hydrogen-bond acceptors (Lipinski definition) is 0. The van der Waals surface area contributed by atoms with Crippen LogP contribution in [0.5, 0.6) is 0 Å². The van der Waals surface area contributed by atoms with Crippen molar-refractivity contribution in [2.24, 2.45) is 0 Å². The fourth-order valence-corrected chi connectivity index (χ4v) is 7.81. The Morgan fingerprint density at radius 1 is 0.523 bits per heavy atom. The minimum Gasteiger partial charge on any atom is -0.309 e. The summed E-state index contributed by atoms with van der Waals surface area (Å²) in [5, 5.41) is 6.64. The minimum atomic E-state index is -0.391. The van der Waals surface area contributed by atoms with Crippen LogP contribution in [0.1, 0.15) is 58.5 Å². The van der Waals surface area contributed by atoms with Gasteiger partial charge in [-0.1, -0.05) is 94.4 Å². The van der Waals surface area contributed by atoms with Gasteiger partial charge < -0.3 is 9.13 Å². The Bertz CT molecular complexity index is 2690. The van der Waals surface area contributed by atoms with E-state index in [-0.39, 0.29) is 40.7 Å². The summed E-state index contributed by atoms with van der Waals surface area (Å²) < 4.78 is 48.1. The standard InChI is InChI=1S/C42H36N2/c1-41(2)21-22-42(3,4)35-25-37-32(24-34(35)41)31-23-33-39(26-38(31)44(37)29-16-9-6-10-17-29)43(28-14-7-5-8-15-28)36-20-19-27-13-11-12-18-30(27)40(33)36/h5-20,23-26H,21-22H2,1-4H3/i6D,9D,10D,16D,17D. The van der Waals surface area contributed by atoms with Crippen molar-refractivity contribution >= 4 is 54.4 Å². The molecule has 1 aliphatic rings. The van der Waals surface area contributed by atoms with E-state index in [4.69, 9.17) is 6.85 Å². The number of benzene rings is 6. The quantitative estimate of drug-likeness (QED) is 0.195. The summed E-state index contributed by atoms with van der Waals surface area (Å²) in [5.41, 5.74) is 7.40. The third-order valence-electron chi connectivity index (χ3n) is 10.2. The molecule has 0 saturated carbocycles. The lowest BCUT2D eigenvalue weighted by Gasteiger charge is -2.42. The van der Waals surface area contributed by atoms with Crippen LogP contribution in [0.4, 0.5) is 0 Å². The number of nitrogens with zero attached hydrogens (tertiary/aromatic N) is 2. The zero-order valence-electron chi connectivity index (χ0n) is 30.5. The average molecular weight is 574 g/mol. The van der Waals surface area contributed by atoms with Crippen molar-refractivity contribution in [3.05, 3.63) is 132 Å². The molecule has 0 saturated heterocycles. The van der Waals surface area contributed by atoms with Crippen molar-refractivity contribution in [2.45, 2.75) is 51.4 Å². The Hall–Kier alpha value is -4.82. The van der Waals surface area contributed by atoms with Gasteiger partial charge in [-0.05, 0) is 100 Å². The zero-order valence-corrected chi connectivity index (χ0v) is 25.5. The second-order valence-corrected chi connectivity index (χ2v) is 13.7. The number of hydrogen-bond donors (Lipinski definition) is 0. The topological polar surface area (TPSA) is 9.86 Å². The number of fused-ring (bicyclic) bond motifs is 9. The van der Waals surface area contributed by atoms with Gasteiger partial charge in [-0.2, -0.15) is 0 Å². The minimum absolute atomic E-state index is 0.0339. The fourth-order valence-electron chi connectivity index (χ4n) is 7.81. The molecule has 2 heterocycles. The largest absolute Gasteiger partial charge is 0.309 e. The Balaban J connectivity index is 1.55. The summed E-state index contributed by atoms with van der Waals surface area (Å²) in [4.78, 5) is 0. The van der Waals surface area contributed by atoms with Gasteiger partial charge in [-0.25, -0.2) is 0 Å². The van der Waals surface area contributed by atoms with Crippen molar-refractivity contribution in [1.29, 1.82) is 0 Å². The molecule has 0 bridgehead atoms. The smallest absolute Gasteiger partial charge is 0.0645 e. The number of para-hydroxylation sites is 2. The van der Waals surface area contributed by atoms with Crippen molar-refractivity contribution < 1.29 is 6.85 Å². The van der Waals surface area contributed by atoms with Gasteiger partial charge in [-0.15, -0.1) is 0 Å². The fraction of sp³-hybridized carbons (Fsp3) is 0.190. The highest BCUT2D eigenvalue weighted by atomic mass is 15.0. The third-order valence-corrected chi connectivity index (χ3v) is 10.2. The molecule has 0 N–H and O–H groups in total. The predicted molar refractivity (Wildman–Crippen MR) is 188 cm³/mol. The highest BCUT2D eigenvalue weighted by Gasteiger charge is 2.38. The maximum atomic E-state index is 9.11. The van der Waals surface area contributed by atoms with E-state index < -0.39 is 6.04 Å². The first kappa shape index (κ1) is 21.0. The Morgan fingerprint density at radius 2 is 1.14 bits per heavy atom. The second kappa shape index (κ2) is 8.86. The highest BCUT2D eigenvalue weighted by Crippen LogP contribution is 2.49. The van der Waals surface area contributed by atoms with Crippen LogP contribution in [0.15, 0.2) is 121 Å². The van der Waals surface area contributed by atoms with E-state index >= 15 is 0 Å². The van der Waals surface area contributed by atoms with Crippen molar-refractivity contribution in [3.8, 4) is 11.4 Å². The summed E-state index contributed by atoms with van der Waals surface area (Å²) in [5.74, 6) is 0. The zero-order chi connectivity index (χ0) is 34.1. The first-order valence-electron chi connectivity index (χ1n) is 18.0. The third kappa shape index (κ3) is 3.48. The molecule has 0 aliphatic heterocycles. The van der Waals surface area contributed by atoms with Gasteiger partial charge >= 0.3 is 0 Å². The Kier molecular flexibility index (Phi) is 4.22. The van der Waals surface area contributed by atoms with E-state index in [2.05, 4.69) is 105 Å². The van der Waals surface area contributed by atoms with Crippen LogP contribution in [0, 0.1) is 0 Å². The van der Waals surface area contributed by atoms with Gasteiger partial charge in [0.25, 0.3) is 0 Å². The maximum absolute atomic E-state index is 9.11. The van der Waals surface area contributed by atoms with Crippen LogP contribution in [-0.4, -0.2) is 9.13 Å². The molecule has 214 valence electrons. The molecule has 2 heteroatoms. The van der Waals surface area contributed by atoms with Crippen LogP contribution in [-0.2, 0) is 10.8 Å². The van der Waals surface area contributed by atoms with Gasteiger partial charge in [0.05, 0.1) is 28.9 Å². The molecular formula is C42H36N2.